The zero-order valence-electron chi connectivity index (χ0n) is 20.1. The number of nitrogens with zero attached hydrogens (tertiary/aromatic N) is 1. The van der Waals surface area contributed by atoms with Crippen molar-refractivity contribution in [3.8, 4) is 17.2 Å². The summed E-state index contributed by atoms with van der Waals surface area (Å²) in [6.07, 6.45) is 2.23. The molecule has 0 saturated heterocycles. The van der Waals surface area contributed by atoms with Crippen molar-refractivity contribution in [2.45, 2.75) is 52.1 Å². The summed E-state index contributed by atoms with van der Waals surface area (Å²) in [4.78, 5) is 27.7. The van der Waals surface area contributed by atoms with Gasteiger partial charge in [-0.2, -0.15) is 0 Å². The smallest absolute Gasteiger partial charge is 0.242 e. The van der Waals surface area contributed by atoms with Crippen LogP contribution in [0.5, 0.6) is 17.2 Å². The van der Waals surface area contributed by atoms with Crippen LogP contribution in [0.25, 0.3) is 0 Å². The first-order chi connectivity index (χ1) is 16.0. The maximum atomic E-state index is 13.2. The van der Waals surface area contributed by atoms with E-state index in [2.05, 4.69) is 5.32 Å². The lowest BCUT2D eigenvalue weighted by molar-refractivity contribution is -0.141. The van der Waals surface area contributed by atoms with Crippen molar-refractivity contribution in [1.82, 2.24) is 10.2 Å². The number of rotatable bonds is 14. The van der Waals surface area contributed by atoms with Crippen LogP contribution in [0, 0.1) is 0 Å². The van der Waals surface area contributed by atoms with Crippen molar-refractivity contribution in [2.24, 2.45) is 0 Å². The lowest BCUT2D eigenvalue weighted by atomic mass is 10.1. The molecule has 0 saturated carbocycles. The Kier molecular flexibility index (Phi) is 11.1. The van der Waals surface area contributed by atoms with Crippen LogP contribution in [0.15, 0.2) is 48.5 Å². The standard InChI is InChI=1S/C26H36N2O5/c1-5-17-27-26(30)24(6-2)28(19-20-9-11-21(31-3)12-10-20)25(29)8-7-18-33-23-15-13-22(32-4)14-16-23/h9-16,24H,5-8,17-19H2,1-4H3,(H,27,30)/t24-/m0/s1. The largest absolute Gasteiger partial charge is 0.497 e. The van der Waals surface area contributed by atoms with Gasteiger partial charge in [-0.05, 0) is 61.2 Å². The van der Waals surface area contributed by atoms with Crippen molar-refractivity contribution >= 4 is 11.8 Å². The van der Waals surface area contributed by atoms with E-state index in [-0.39, 0.29) is 11.8 Å². The average Bonchev–Trinajstić information content (AvgIpc) is 2.85. The van der Waals surface area contributed by atoms with E-state index < -0.39 is 6.04 Å². The van der Waals surface area contributed by atoms with E-state index in [9.17, 15) is 9.59 Å². The number of carbonyl (C=O) groups excluding carboxylic acids is 2. The first-order valence-electron chi connectivity index (χ1n) is 11.5. The van der Waals surface area contributed by atoms with Crippen LogP contribution in [-0.2, 0) is 16.1 Å². The Bertz CT molecular complexity index is 852. The highest BCUT2D eigenvalue weighted by atomic mass is 16.5. The third-order valence-corrected chi connectivity index (χ3v) is 5.31. The van der Waals surface area contributed by atoms with Gasteiger partial charge >= 0.3 is 0 Å². The maximum absolute atomic E-state index is 13.2. The second kappa shape index (κ2) is 14.0. The average molecular weight is 457 g/mol. The van der Waals surface area contributed by atoms with Crippen molar-refractivity contribution in [1.29, 1.82) is 0 Å². The molecule has 2 amide bonds. The van der Waals surface area contributed by atoms with E-state index in [1.54, 1.807) is 19.1 Å². The highest BCUT2D eigenvalue weighted by Crippen LogP contribution is 2.19. The van der Waals surface area contributed by atoms with Gasteiger partial charge in [0.05, 0.1) is 20.8 Å². The molecule has 0 heterocycles. The SMILES string of the molecule is CCCNC(=O)[C@H](CC)N(Cc1ccc(OC)cc1)C(=O)CCCOc1ccc(OC)cc1. The van der Waals surface area contributed by atoms with Gasteiger partial charge in [0, 0.05) is 19.5 Å². The Balaban J connectivity index is 2.02. The van der Waals surface area contributed by atoms with Crippen molar-refractivity contribution < 1.29 is 23.8 Å². The molecule has 0 spiro atoms. The van der Waals surface area contributed by atoms with Gasteiger partial charge in [-0.25, -0.2) is 0 Å². The molecule has 1 N–H and O–H groups in total. The highest BCUT2D eigenvalue weighted by molar-refractivity contribution is 5.87. The summed E-state index contributed by atoms with van der Waals surface area (Å²) in [6.45, 7) is 5.30. The fraction of sp³-hybridized carbons (Fsp3) is 0.462. The van der Waals surface area contributed by atoms with Crippen LogP contribution in [0.2, 0.25) is 0 Å². The van der Waals surface area contributed by atoms with Crippen molar-refractivity contribution in [2.75, 3.05) is 27.4 Å². The first kappa shape index (κ1) is 26.0. The van der Waals surface area contributed by atoms with E-state index in [1.165, 1.54) is 0 Å². The number of hydrogen-bond donors (Lipinski definition) is 1. The second-order valence-electron chi connectivity index (χ2n) is 7.71. The number of hydrogen-bond acceptors (Lipinski definition) is 5. The minimum atomic E-state index is -0.520. The molecule has 7 nitrogen and oxygen atoms in total. The molecule has 33 heavy (non-hydrogen) atoms. The predicted molar refractivity (Wildman–Crippen MR) is 129 cm³/mol. The summed E-state index contributed by atoms with van der Waals surface area (Å²) in [5.41, 5.74) is 0.945. The molecular weight excluding hydrogens is 420 g/mol. The monoisotopic (exact) mass is 456 g/mol. The Morgan fingerprint density at radius 1 is 0.909 bits per heavy atom. The summed E-state index contributed by atoms with van der Waals surface area (Å²) < 4.78 is 16.1. The fourth-order valence-corrected chi connectivity index (χ4v) is 3.44. The van der Waals surface area contributed by atoms with E-state index >= 15 is 0 Å². The minimum Gasteiger partial charge on any atom is -0.497 e. The number of nitrogens with one attached hydrogen (secondary N) is 1. The summed E-state index contributed by atoms with van der Waals surface area (Å²) in [5.74, 6) is 2.06. The lowest BCUT2D eigenvalue weighted by Gasteiger charge is -2.30. The Labute approximate surface area is 197 Å². The van der Waals surface area contributed by atoms with Gasteiger partial charge in [-0.1, -0.05) is 26.0 Å². The van der Waals surface area contributed by atoms with E-state index in [0.717, 1.165) is 29.2 Å². The fourth-order valence-electron chi connectivity index (χ4n) is 3.44. The molecule has 0 radical (unpaired) electrons. The van der Waals surface area contributed by atoms with Crippen LogP contribution in [-0.4, -0.2) is 50.1 Å². The van der Waals surface area contributed by atoms with Crippen LogP contribution < -0.4 is 19.5 Å². The van der Waals surface area contributed by atoms with Crippen molar-refractivity contribution in [3.63, 3.8) is 0 Å². The summed E-state index contributed by atoms with van der Waals surface area (Å²) in [7, 11) is 3.23. The third kappa shape index (κ3) is 8.33. The molecule has 0 aliphatic carbocycles. The third-order valence-electron chi connectivity index (χ3n) is 5.31. The molecule has 0 aliphatic rings. The molecule has 0 aromatic heterocycles. The lowest BCUT2D eigenvalue weighted by Crippen LogP contribution is -2.49. The van der Waals surface area contributed by atoms with Gasteiger partial charge in [-0.15, -0.1) is 0 Å². The molecule has 7 heteroatoms. The van der Waals surface area contributed by atoms with Crippen molar-refractivity contribution in [3.05, 3.63) is 54.1 Å². The first-order valence-corrected chi connectivity index (χ1v) is 11.5. The normalized spacial score (nSPS) is 11.4. The Hall–Kier alpha value is -3.22. The van der Waals surface area contributed by atoms with Crippen LogP contribution >= 0.6 is 0 Å². The number of ether oxygens (including phenoxy) is 3. The van der Waals surface area contributed by atoms with E-state index in [1.807, 2.05) is 62.4 Å². The number of methoxy groups -OCH3 is 2. The zero-order valence-corrected chi connectivity index (χ0v) is 20.1. The zero-order chi connectivity index (χ0) is 24.1. The number of benzene rings is 2. The van der Waals surface area contributed by atoms with Gasteiger partial charge in [0.25, 0.3) is 0 Å². The van der Waals surface area contributed by atoms with Gasteiger partial charge in [0.2, 0.25) is 11.8 Å². The quantitative estimate of drug-likeness (QED) is 0.431. The van der Waals surface area contributed by atoms with Crippen LogP contribution in [0.3, 0.4) is 0 Å². The molecular formula is C26H36N2O5. The second-order valence-corrected chi connectivity index (χ2v) is 7.71. The van der Waals surface area contributed by atoms with E-state index in [4.69, 9.17) is 14.2 Å². The molecule has 0 unspecified atom stereocenters. The van der Waals surface area contributed by atoms with Crippen LogP contribution in [0.4, 0.5) is 0 Å². The number of amides is 2. The molecule has 2 rings (SSSR count). The maximum Gasteiger partial charge on any atom is 0.242 e. The highest BCUT2D eigenvalue weighted by Gasteiger charge is 2.28. The van der Waals surface area contributed by atoms with Gasteiger partial charge in [-0.3, -0.25) is 9.59 Å². The van der Waals surface area contributed by atoms with Gasteiger partial charge in [0.1, 0.15) is 23.3 Å². The van der Waals surface area contributed by atoms with Gasteiger partial charge < -0.3 is 24.4 Å². The molecule has 180 valence electrons. The summed E-state index contributed by atoms with van der Waals surface area (Å²) in [5, 5.41) is 2.93. The molecule has 2 aromatic rings. The molecule has 0 aliphatic heterocycles. The number of carbonyl (C=O) groups is 2. The Morgan fingerprint density at radius 2 is 1.48 bits per heavy atom. The predicted octanol–water partition coefficient (Wildman–Crippen LogP) is 4.20. The Morgan fingerprint density at radius 3 is 2.03 bits per heavy atom. The molecule has 2 aromatic carbocycles. The summed E-state index contributed by atoms with van der Waals surface area (Å²) >= 11 is 0. The van der Waals surface area contributed by atoms with Crippen LogP contribution in [0.1, 0.15) is 45.1 Å². The van der Waals surface area contributed by atoms with Gasteiger partial charge in [0.15, 0.2) is 0 Å². The topological polar surface area (TPSA) is 77.1 Å². The molecule has 0 fully saturated rings. The molecule has 0 bridgehead atoms. The summed E-state index contributed by atoms with van der Waals surface area (Å²) in [6, 6.07) is 14.4. The molecule has 1 atom stereocenters. The van der Waals surface area contributed by atoms with E-state index in [0.29, 0.717) is 39.0 Å². The minimum absolute atomic E-state index is 0.0670.